The zero-order chi connectivity index (χ0) is 17.7. The van der Waals surface area contributed by atoms with Crippen molar-refractivity contribution in [1.82, 2.24) is 0 Å². The molecule has 0 fully saturated rings. The van der Waals surface area contributed by atoms with Crippen molar-refractivity contribution in [2.75, 3.05) is 39.1 Å². The van der Waals surface area contributed by atoms with Gasteiger partial charge in [0.15, 0.2) is 0 Å². The van der Waals surface area contributed by atoms with Crippen molar-refractivity contribution in [3.8, 4) is 0 Å². The molecule has 140 valence electrons. The number of ether oxygens (including phenoxy) is 3. The molecule has 0 bridgehead atoms. The molecule has 0 atom stereocenters. The number of hydrogen-bond acceptors (Lipinski definition) is 3. The second kappa shape index (κ2) is 15.7. The van der Waals surface area contributed by atoms with E-state index in [1.165, 1.54) is 0 Å². The van der Waals surface area contributed by atoms with Gasteiger partial charge in [-0.05, 0) is 34.6 Å². The first-order chi connectivity index (χ1) is 9.30. The fraction of sp³-hybridized carbons (Fsp3) is 1.00. The van der Waals surface area contributed by atoms with Gasteiger partial charge >= 0.3 is 0 Å². The Morgan fingerprint density at radius 2 is 1.23 bits per heavy atom. The Balaban J connectivity index is -0.000000108. The first-order valence-corrected chi connectivity index (χ1v) is 8.81. The van der Waals surface area contributed by atoms with Crippen molar-refractivity contribution in [3.05, 3.63) is 0 Å². The first kappa shape index (κ1) is 31.0. The lowest BCUT2D eigenvalue weighted by atomic mass is 10.2. The van der Waals surface area contributed by atoms with Crippen LogP contribution in [0.5, 0.6) is 0 Å². The van der Waals surface area contributed by atoms with Crippen LogP contribution < -0.4 is 0 Å². The summed E-state index contributed by atoms with van der Waals surface area (Å²) in [6.45, 7) is 10.00. The van der Waals surface area contributed by atoms with E-state index in [4.69, 9.17) is 44.3 Å². The summed E-state index contributed by atoms with van der Waals surface area (Å²) in [5, 5.41) is 0.885. The molecule has 0 N–H and O–H groups in total. The minimum atomic E-state index is -0.727. The largest absolute Gasteiger partial charge is 0.382 e. The molecule has 0 aliphatic heterocycles. The molecule has 0 radical (unpaired) electrons. The van der Waals surface area contributed by atoms with E-state index in [0.717, 1.165) is 5.33 Å². The van der Waals surface area contributed by atoms with Gasteiger partial charge in [0, 0.05) is 26.7 Å². The van der Waals surface area contributed by atoms with Crippen LogP contribution in [-0.2, 0) is 14.2 Å². The molecule has 7 heteroatoms. The van der Waals surface area contributed by atoms with Gasteiger partial charge in [0.2, 0.25) is 0 Å². The average molecular weight is 449 g/mol. The van der Waals surface area contributed by atoms with E-state index >= 15 is 0 Å². The zero-order valence-corrected chi connectivity index (χ0v) is 18.2. The Kier molecular flexibility index (Phi) is 22.2. The van der Waals surface area contributed by atoms with Crippen LogP contribution in [0, 0.1) is 0 Å². The molecule has 0 saturated carbocycles. The molecular weight excluding hydrogens is 414 g/mol. The fourth-order valence-corrected chi connectivity index (χ4v) is 0.919. The molecule has 0 aromatic carbocycles. The maximum absolute atomic E-state index is 5.47. The Hall–Kier alpha value is 1.23. The van der Waals surface area contributed by atoms with E-state index in [0.29, 0.717) is 12.5 Å². The number of rotatable bonds is 6. The third-order valence-electron chi connectivity index (χ3n) is 2.15. The lowest BCUT2D eigenvalue weighted by molar-refractivity contribution is 0.0428. The molecule has 0 heterocycles. The molecule has 0 amide bonds. The van der Waals surface area contributed by atoms with Crippen molar-refractivity contribution < 1.29 is 14.2 Å². The molecule has 0 aromatic rings. The van der Waals surface area contributed by atoms with Crippen LogP contribution in [-0.4, -0.2) is 54.7 Å². The maximum atomic E-state index is 5.47. The molecule has 0 saturated heterocycles. The van der Waals surface area contributed by atoms with Crippen molar-refractivity contribution >= 4 is 50.7 Å². The molecule has 0 aliphatic rings. The molecule has 0 rings (SSSR count). The lowest BCUT2D eigenvalue weighted by Gasteiger charge is -2.18. The third kappa shape index (κ3) is 29.3. The summed E-state index contributed by atoms with van der Waals surface area (Å²) < 4.78 is 13.9. The Morgan fingerprint density at radius 3 is 1.23 bits per heavy atom. The van der Waals surface area contributed by atoms with Gasteiger partial charge < -0.3 is 14.2 Å². The van der Waals surface area contributed by atoms with E-state index in [-0.39, 0.29) is 18.6 Å². The van der Waals surface area contributed by atoms with E-state index < -0.39 is 4.33 Å². The summed E-state index contributed by atoms with van der Waals surface area (Å²) >= 11 is 19.7. The second-order valence-corrected chi connectivity index (χ2v) is 8.39. The first-order valence-electron chi connectivity index (χ1n) is 6.39. The predicted octanol–water partition coefficient (Wildman–Crippen LogP) is 5.92. The van der Waals surface area contributed by atoms with Crippen LogP contribution in [0.15, 0.2) is 0 Å². The zero-order valence-electron chi connectivity index (χ0n) is 14.4. The minimum absolute atomic E-state index is 0. The van der Waals surface area contributed by atoms with Gasteiger partial charge in [0.05, 0.1) is 23.7 Å². The van der Waals surface area contributed by atoms with Crippen molar-refractivity contribution in [1.29, 1.82) is 0 Å². The second-order valence-electron chi connectivity index (χ2n) is 5.70. The smallest absolute Gasteiger partial charge is 0.138 e. The van der Waals surface area contributed by atoms with Gasteiger partial charge in [-0.2, -0.15) is 0 Å². The van der Waals surface area contributed by atoms with Crippen molar-refractivity contribution in [3.63, 3.8) is 0 Å². The van der Waals surface area contributed by atoms with Crippen LogP contribution in [0.1, 0.15) is 42.0 Å². The van der Waals surface area contributed by atoms with Crippen LogP contribution >= 0.6 is 50.7 Å². The standard InChI is InChI=1S/C5H11BrO.C5H11ClO.C4H8Cl2O.CH4/c2*1-5(2,4-6)7-3;1-4(5,6)3-7-2;/h2*4H2,1-3H3;3H2,1-2H3;1H4. The molecule has 0 aromatic heterocycles. The third-order valence-corrected chi connectivity index (χ3v) is 4.36. The van der Waals surface area contributed by atoms with E-state index in [9.17, 15) is 0 Å². The minimum Gasteiger partial charge on any atom is -0.382 e. The van der Waals surface area contributed by atoms with Gasteiger partial charge in [-0.1, -0.05) is 46.6 Å². The highest BCUT2D eigenvalue weighted by molar-refractivity contribution is 9.09. The summed E-state index contributed by atoms with van der Waals surface area (Å²) in [7, 11) is 4.92. The molecule has 22 heavy (non-hydrogen) atoms. The predicted molar refractivity (Wildman–Crippen MR) is 105 cm³/mol. The van der Waals surface area contributed by atoms with E-state index in [1.54, 1.807) is 28.3 Å². The van der Waals surface area contributed by atoms with Crippen LogP contribution in [0.2, 0.25) is 0 Å². The van der Waals surface area contributed by atoms with E-state index in [2.05, 4.69) is 20.7 Å². The van der Waals surface area contributed by atoms with Gasteiger partial charge in [0.1, 0.15) is 4.33 Å². The summed E-state index contributed by atoms with van der Waals surface area (Å²) in [5.41, 5.74) is -0.151. The molecule has 0 unspecified atom stereocenters. The number of hydrogen-bond donors (Lipinski definition) is 0. The van der Waals surface area contributed by atoms with Crippen LogP contribution in [0.4, 0.5) is 0 Å². The van der Waals surface area contributed by atoms with Gasteiger partial charge in [-0.15, -0.1) is 11.6 Å². The van der Waals surface area contributed by atoms with Gasteiger partial charge in [-0.25, -0.2) is 0 Å². The maximum Gasteiger partial charge on any atom is 0.138 e. The Bertz CT molecular complexity index is 205. The highest BCUT2D eigenvalue weighted by Gasteiger charge is 2.14. The summed E-state index contributed by atoms with van der Waals surface area (Å²) in [6, 6.07) is 0. The molecule has 0 aliphatic carbocycles. The molecule has 3 nitrogen and oxygen atoms in total. The number of halogens is 4. The van der Waals surface area contributed by atoms with Crippen LogP contribution in [0.3, 0.4) is 0 Å². The topological polar surface area (TPSA) is 27.7 Å². The van der Waals surface area contributed by atoms with Crippen molar-refractivity contribution in [2.24, 2.45) is 0 Å². The number of methoxy groups -OCH3 is 3. The SMILES string of the molecule is C.COC(C)(C)CBr.COC(C)(C)CCl.COCC(C)(Cl)Cl. The Morgan fingerprint density at radius 1 is 0.864 bits per heavy atom. The monoisotopic (exact) mass is 446 g/mol. The highest BCUT2D eigenvalue weighted by Crippen LogP contribution is 2.18. The number of alkyl halides is 4. The molecule has 0 spiro atoms. The normalized spacial score (nSPS) is 11.5. The average Bonchev–Trinajstić information content (AvgIpc) is 2.39. The summed E-state index contributed by atoms with van der Waals surface area (Å²) in [4.78, 5) is 0. The quantitative estimate of drug-likeness (QED) is 0.472. The Labute approximate surface area is 161 Å². The summed E-state index contributed by atoms with van der Waals surface area (Å²) in [5.74, 6) is 0.545. The summed E-state index contributed by atoms with van der Waals surface area (Å²) in [6.07, 6.45) is 0. The highest BCUT2D eigenvalue weighted by atomic mass is 79.9. The van der Waals surface area contributed by atoms with E-state index in [1.807, 2.05) is 27.7 Å². The van der Waals surface area contributed by atoms with Crippen molar-refractivity contribution in [2.45, 2.75) is 57.6 Å². The van der Waals surface area contributed by atoms with Gasteiger partial charge in [-0.3, -0.25) is 0 Å². The molecular formula is C15H34BrCl3O3. The lowest BCUT2D eigenvalue weighted by Crippen LogP contribution is -2.23. The van der Waals surface area contributed by atoms with Crippen LogP contribution in [0.25, 0.3) is 0 Å². The van der Waals surface area contributed by atoms with Gasteiger partial charge in [0.25, 0.3) is 0 Å². The fourth-order valence-electron chi connectivity index (χ4n) is 0.363.